The van der Waals surface area contributed by atoms with Crippen molar-refractivity contribution in [2.75, 3.05) is 6.54 Å². The van der Waals surface area contributed by atoms with Gasteiger partial charge in [-0.15, -0.1) is 0 Å². The van der Waals surface area contributed by atoms with Crippen LogP contribution in [-0.4, -0.2) is 24.7 Å². The van der Waals surface area contributed by atoms with E-state index in [4.69, 9.17) is 4.74 Å². The zero-order chi connectivity index (χ0) is 6.97. The lowest BCUT2D eigenvalue weighted by Gasteiger charge is -2.26. The van der Waals surface area contributed by atoms with Gasteiger partial charge in [0, 0.05) is 6.04 Å². The molecular weight excluding hydrogens is 130 g/mol. The van der Waals surface area contributed by atoms with Gasteiger partial charge in [-0.3, -0.25) is 4.79 Å². The number of carbonyl (C=O) groups is 1. The lowest BCUT2D eigenvalue weighted by molar-refractivity contribution is -0.153. The number of fused-ring (bicyclic) bond motifs is 1. The van der Waals surface area contributed by atoms with E-state index in [0.717, 1.165) is 12.8 Å². The van der Waals surface area contributed by atoms with E-state index in [0.29, 0.717) is 12.6 Å². The Labute approximate surface area is 59.7 Å². The van der Waals surface area contributed by atoms with E-state index in [1.54, 1.807) is 0 Å². The summed E-state index contributed by atoms with van der Waals surface area (Å²) in [5.74, 6) is -0.0943. The van der Waals surface area contributed by atoms with Gasteiger partial charge in [0.1, 0.15) is 6.10 Å². The summed E-state index contributed by atoms with van der Waals surface area (Å²) in [6, 6.07) is 0.456. The van der Waals surface area contributed by atoms with E-state index in [-0.39, 0.29) is 12.1 Å². The van der Waals surface area contributed by atoms with Gasteiger partial charge in [-0.2, -0.15) is 0 Å². The van der Waals surface area contributed by atoms with Crippen LogP contribution in [0.5, 0.6) is 0 Å². The Bertz CT molecular complexity index is 158. The molecule has 0 aromatic rings. The minimum Gasteiger partial charge on any atom is -0.460 e. The van der Waals surface area contributed by atoms with E-state index in [9.17, 15) is 4.79 Å². The van der Waals surface area contributed by atoms with E-state index < -0.39 is 0 Å². The Hall–Kier alpha value is -0.570. The quantitative estimate of drug-likeness (QED) is 0.484. The maximum Gasteiger partial charge on any atom is 0.320 e. The fraction of sp³-hybridized carbons (Fsp3) is 0.857. The molecule has 1 aliphatic carbocycles. The van der Waals surface area contributed by atoms with Crippen molar-refractivity contribution in [2.45, 2.75) is 31.4 Å². The van der Waals surface area contributed by atoms with Crippen LogP contribution < -0.4 is 5.32 Å². The van der Waals surface area contributed by atoms with E-state index >= 15 is 0 Å². The Morgan fingerprint density at radius 2 is 2.40 bits per heavy atom. The third-order valence-electron chi connectivity index (χ3n) is 2.24. The molecular formula is C7H11NO2. The van der Waals surface area contributed by atoms with Crippen molar-refractivity contribution in [1.82, 2.24) is 5.32 Å². The number of carbonyl (C=O) groups excluding carboxylic acids is 1. The molecule has 3 heteroatoms. The molecule has 2 fully saturated rings. The van der Waals surface area contributed by atoms with Gasteiger partial charge in [0.15, 0.2) is 0 Å². The molecule has 1 saturated carbocycles. The summed E-state index contributed by atoms with van der Waals surface area (Å²) in [4.78, 5) is 10.7. The molecule has 0 unspecified atom stereocenters. The van der Waals surface area contributed by atoms with Crippen LogP contribution in [0.25, 0.3) is 0 Å². The zero-order valence-electron chi connectivity index (χ0n) is 5.80. The van der Waals surface area contributed by atoms with Crippen molar-refractivity contribution in [2.24, 2.45) is 0 Å². The molecule has 0 aromatic carbocycles. The smallest absolute Gasteiger partial charge is 0.320 e. The second kappa shape index (κ2) is 2.23. The van der Waals surface area contributed by atoms with Gasteiger partial charge in [-0.1, -0.05) is 0 Å². The standard InChI is InChI=1S/C7H11NO2/c9-7-4-8-5-2-1-3-6(5)10-7/h5-6,8H,1-4H2/t5-,6+/m0/s1. The third-order valence-corrected chi connectivity index (χ3v) is 2.24. The van der Waals surface area contributed by atoms with Crippen molar-refractivity contribution in [3.05, 3.63) is 0 Å². The second-order valence-corrected chi connectivity index (χ2v) is 2.95. The number of ether oxygens (including phenoxy) is 1. The number of hydrogen-bond acceptors (Lipinski definition) is 3. The van der Waals surface area contributed by atoms with Gasteiger partial charge in [-0.05, 0) is 19.3 Å². The van der Waals surface area contributed by atoms with Gasteiger partial charge in [-0.25, -0.2) is 0 Å². The summed E-state index contributed by atoms with van der Waals surface area (Å²) < 4.78 is 5.11. The van der Waals surface area contributed by atoms with Gasteiger partial charge < -0.3 is 10.1 Å². The van der Waals surface area contributed by atoms with Crippen LogP contribution in [-0.2, 0) is 9.53 Å². The number of esters is 1. The Kier molecular flexibility index (Phi) is 1.38. The summed E-state index contributed by atoms with van der Waals surface area (Å²) in [5.41, 5.74) is 0. The van der Waals surface area contributed by atoms with Crippen LogP contribution >= 0.6 is 0 Å². The van der Waals surface area contributed by atoms with Crippen molar-refractivity contribution >= 4 is 5.97 Å². The van der Waals surface area contributed by atoms with Crippen LogP contribution in [0.4, 0.5) is 0 Å². The lowest BCUT2D eigenvalue weighted by atomic mass is 10.2. The van der Waals surface area contributed by atoms with Gasteiger partial charge in [0.25, 0.3) is 0 Å². The molecule has 2 rings (SSSR count). The number of hydrogen-bond donors (Lipinski definition) is 1. The SMILES string of the molecule is O=C1CN[C@H]2CCC[C@H]2O1. The molecule has 0 bridgehead atoms. The molecule has 3 nitrogen and oxygen atoms in total. The maximum atomic E-state index is 10.7. The summed E-state index contributed by atoms with van der Waals surface area (Å²) in [5, 5.41) is 3.16. The summed E-state index contributed by atoms with van der Waals surface area (Å²) in [6.45, 7) is 0.404. The summed E-state index contributed by atoms with van der Waals surface area (Å²) >= 11 is 0. The second-order valence-electron chi connectivity index (χ2n) is 2.95. The monoisotopic (exact) mass is 141 g/mol. The molecule has 1 heterocycles. The average Bonchev–Trinajstić information content (AvgIpc) is 2.33. The molecule has 0 amide bonds. The minimum absolute atomic E-state index is 0.0943. The lowest BCUT2D eigenvalue weighted by Crippen LogP contribution is -2.47. The van der Waals surface area contributed by atoms with E-state index in [1.165, 1.54) is 6.42 Å². The first kappa shape index (κ1) is 6.16. The van der Waals surface area contributed by atoms with Crippen LogP contribution in [0, 0.1) is 0 Å². The van der Waals surface area contributed by atoms with Gasteiger partial charge in [0.05, 0.1) is 6.54 Å². The van der Waals surface area contributed by atoms with Gasteiger partial charge >= 0.3 is 5.97 Å². The molecule has 2 aliphatic rings. The highest BCUT2D eigenvalue weighted by atomic mass is 16.5. The van der Waals surface area contributed by atoms with Crippen molar-refractivity contribution in [3.8, 4) is 0 Å². The van der Waals surface area contributed by atoms with Crippen LogP contribution in [0.1, 0.15) is 19.3 Å². The predicted molar refractivity (Wildman–Crippen MR) is 35.5 cm³/mol. The average molecular weight is 141 g/mol. The molecule has 1 aliphatic heterocycles. The highest BCUT2D eigenvalue weighted by Crippen LogP contribution is 2.23. The van der Waals surface area contributed by atoms with Crippen LogP contribution in [0.2, 0.25) is 0 Å². The molecule has 56 valence electrons. The van der Waals surface area contributed by atoms with Crippen molar-refractivity contribution in [3.63, 3.8) is 0 Å². The number of morpholine rings is 1. The highest BCUT2D eigenvalue weighted by Gasteiger charge is 2.33. The van der Waals surface area contributed by atoms with Crippen molar-refractivity contribution in [1.29, 1.82) is 0 Å². The maximum absolute atomic E-state index is 10.7. The van der Waals surface area contributed by atoms with Crippen LogP contribution in [0.15, 0.2) is 0 Å². The molecule has 1 saturated heterocycles. The largest absolute Gasteiger partial charge is 0.460 e. The highest BCUT2D eigenvalue weighted by molar-refractivity contribution is 5.72. The molecule has 10 heavy (non-hydrogen) atoms. The van der Waals surface area contributed by atoms with Crippen LogP contribution in [0.3, 0.4) is 0 Å². The molecule has 0 radical (unpaired) electrons. The fourth-order valence-corrected chi connectivity index (χ4v) is 1.73. The Morgan fingerprint density at radius 3 is 3.30 bits per heavy atom. The first-order chi connectivity index (χ1) is 4.86. The van der Waals surface area contributed by atoms with E-state index in [1.807, 2.05) is 0 Å². The minimum atomic E-state index is -0.0943. The first-order valence-electron chi connectivity index (χ1n) is 3.79. The molecule has 1 N–H and O–H groups in total. The Morgan fingerprint density at radius 1 is 1.50 bits per heavy atom. The van der Waals surface area contributed by atoms with Gasteiger partial charge in [0.2, 0.25) is 0 Å². The fourth-order valence-electron chi connectivity index (χ4n) is 1.73. The topological polar surface area (TPSA) is 38.3 Å². The predicted octanol–water partition coefficient (Wildman–Crippen LogP) is 0.0539. The number of rotatable bonds is 0. The molecule has 0 spiro atoms. The van der Waals surface area contributed by atoms with Crippen molar-refractivity contribution < 1.29 is 9.53 Å². The molecule has 0 aromatic heterocycles. The zero-order valence-corrected chi connectivity index (χ0v) is 5.80. The first-order valence-corrected chi connectivity index (χ1v) is 3.79. The summed E-state index contributed by atoms with van der Waals surface area (Å²) in [6.07, 6.45) is 3.58. The van der Waals surface area contributed by atoms with E-state index in [2.05, 4.69) is 5.32 Å². The molecule has 2 atom stereocenters. The normalized spacial score (nSPS) is 39.0. The summed E-state index contributed by atoms with van der Waals surface area (Å²) in [7, 11) is 0. The number of nitrogens with one attached hydrogen (secondary N) is 1. The third kappa shape index (κ3) is 0.904. The Balaban J connectivity index is 2.03.